The van der Waals surface area contributed by atoms with Crippen molar-refractivity contribution in [2.45, 2.75) is 19.3 Å². The van der Waals surface area contributed by atoms with Crippen LogP contribution in [0, 0.1) is 0 Å². The first-order valence-corrected chi connectivity index (χ1v) is 6.27. The van der Waals surface area contributed by atoms with Crippen LogP contribution in [-0.2, 0) is 0 Å². The minimum absolute atomic E-state index is 0.268. The van der Waals surface area contributed by atoms with E-state index < -0.39 is 0 Å². The van der Waals surface area contributed by atoms with Crippen LogP contribution in [-0.4, -0.2) is 18.2 Å². The first-order valence-electron chi connectivity index (χ1n) is 6.27. The largest absolute Gasteiger partial charge is 0.500 e. The van der Waals surface area contributed by atoms with E-state index in [0.29, 0.717) is 16.9 Å². The Hall–Kier alpha value is -1.97. The Morgan fingerprint density at radius 1 is 1.11 bits per heavy atom. The van der Waals surface area contributed by atoms with Gasteiger partial charge in [-0.15, -0.1) is 0 Å². The SMILES string of the molecule is O=c1c(O)c(N2CCCCC2)oc2ccccc12. The van der Waals surface area contributed by atoms with Crippen molar-refractivity contribution >= 4 is 16.9 Å². The second kappa shape index (κ2) is 4.37. The fourth-order valence-electron chi connectivity index (χ4n) is 2.43. The van der Waals surface area contributed by atoms with Gasteiger partial charge in [0.2, 0.25) is 17.1 Å². The van der Waals surface area contributed by atoms with Gasteiger partial charge < -0.3 is 14.4 Å². The van der Waals surface area contributed by atoms with Crippen molar-refractivity contribution in [3.8, 4) is 5.75 Å². The van der Waals surface area contributed by atoms with Gasteiger partial charge in [-0.2, -0.15) is 0 Å². The van der Waals surface area contributed by atoms with E-state index in [1.807, 2.05) is 11.0 Å². The summed E-state index contributed by atoms with van der Waals surface area (Å²) in [5.74, 6) is 0.0500. The lowest BCUT2D eigenvalue weighted by atomic mass is 10.1. The maximum Gasteiger partial charge on any atom is 0.242 e. The lowest BCUT2D eigenvalue weighted by molar-refractivity contribution is 0.429. The molecule has 0 unspecified atom stereocenters. The van der Waals surface area contributed by atoms with Crippen LogP contribution in [0.3, 0.4) is 0 Å². The fraction of sp³-hybridized carbons (Fsp3) is 0.357. The van der Waals surface area contributed by atoms with Crippen molar-refractivity contribution in [3.05, 3.63) is 34.5 Å². The monoisotopic (exact) mass is 245 g/mol. The average molecular weight is 245 g/mol. The summed E-state index contributed by atoms with van der Waals surface area (Å²) in [6.07, 6.45) is 3.32. The van der Waals surface area contributed by atoms with Crippen molar-refractivity contribution in [3.63, 3.8) is 0 Å². The third-order valence-electron chi connectivity index (χ3n) is 3.40. The van der Waals surface area contributed by atoms with Gasteiger partial charge in [0.05, 0.1) is 5.39 Å². The summed E-state index contributed by atoms with van der Waals surface area (Å²) in [7, 11) is 0. The van der Waals surface area contributed by atoms with Crippen molar-refractivity contribution in [2.24, 2.45) is 0 Å². The zero-order chi connectivity index (χ0) is 12.5. The molecule has 0 saturated carbocycles. The molecule has 0 aliphatic carbocycles. The summed E-state index contributed by atoms with van der Waals surface area (Å²) in [5, 5.41) is 10.4. The number of benzene rings is 1. The predicted molar refractivity (Wildman–Crippen MR) is 70.2 cm³/mol. The molecule has 1 aliphatic rings. The van der Waals surface area contributed by atoms with Crippen LogP contribution in [0.4, 0.5) is 5.88 Å². The molecule has 0 spiro atoms. The highest BCUT2D eigenvalue weighted by Crippen LogP contribution is 2.29. The summed E-state index contributed by atoms with van der Waals surface area (Å²) in [6, 6.07) is 7.01. The molecule has 1 N–H and O–H groups in total. The molecule has 1 aromatic heterocycles. The van der Waals surface area contributed by atoms with E-state index in [-0.39, 0.29) is 11.2 Å². The molecule has 3 rings (SSSR count). The third-order valence-corrected chi connectivity index (χ3v) is 3.40. The van der Waals surface area contributed by atoms with Gasteiger partial charge in [0.1, 0.15) is 5.58 Å². The molecule has 0 atom stereocenters. The Bertz CT molecular complexity index is 626. The lowest BCUT2D eigenvalue weighted by Crippen LogP contribution is -2.30. The number of rotatable bonds is 1. The number of anilines is 1. The molecule has 0 radical (unpaired) electrons. The summed E-state index contributed by atoms with van der Waals surface area (Å²) in [5.41, 5.74) is 0.179. The molecule has 4 heteroatoms. The molecule has 2 aromatic rings. The van der Waals surface area contributed by atoms with Crippen LogP contribution < -0.4 is 10.3 Å². The van der Waals surface area contributed by atoms with Gasteiger partial charge in [-0.05, 0) is 31.4 Å². The highest BCUT2D eigenvalue weighted by Gasteiger charge is 2.20. The van der Waals surface area contributed by atoms with Crippen LogP contribution in [0.2, 0.25) is 0 Å². The minimum atomic E-state index is -0.350. The van der Waals surface area contributed by atoms with Gasteiger partial charge in [-0.1, -0.05) is 12.1 Å². The van der Waals surface area contributed by atoms with E-state index in [2.05, 4.69) is 0 Å². The number of hydrogen-bond acceptors (Lipinski definition) is 4. The zero-order valence-electron chi connectivity index (χ0n) is 10.1. The summed E-state index contributed by atoms with van der Waals surface area (Å²) in [6.45, 7) is 1.66. The number of nitrogens with zero attached hydrogens (tertiary/aromatic N) is 1. The van der Waals surface area contributed by atoms with E-state index in [1.54, 1.807) is 18.2 Å². The van der Waals surface area contributed by atoms with Crippen LogP contribution in [0.25, 0.3) is 11.0 Å². The number of para-hydroxylation sites is 1. The van der Waals surface area contributed by atoms with E-state index in [9.17, 15) is 9.90 Å². The van der Waals surface area contributed by atoms with Crippen molar-refractivity contribution in [1.29, 1.82) is 0 Å². The summed E-state index contributed by atoms with van der Waals surface area (Å²) in [4.78, 5) is 14.0. The fourth-order valence-corrected chi connectivity index (χ4v) is 2.43. The molecular formula is C14H15NO3. The maximum atomic E-state index is 12.1. The van der Waals surface area contributed by atoms with E-state index in [1.165, 1.54) is 6.42 Å². The number of piperidine rings is 1. The smallest absolute Gasteiger partial charge is 0.242 e. The molecule has 1 saturated heterocycles. The molecular weight excluding hydrogens is 230 g/mol. The van der Waals surface area contributed by atoms with Gasteiger partial charge in [0.25, 0.3) is 0 Å². The quantitative estimate of drug-likeness (QED) is 0.838. The van der Waals surface area contributed by atoms with E-state index in [0.717, 1.165) is 25.9 Å². The number of fused-ring (bicyclic) bond motifs is 1. The van der Waals surface area contributed by atoms with Crippen LogP contribution in [0.15, 0.2) is 33.5 Å². The molecule has 1 aliphatic heterocycles. The summed E-state index contributed by atoms with van der Waals surface area (Å²) >= 11 is 0. The highest BCUT2D eigenvalue weighted by atomic mass is 16.4. The topological polar surface area (TPSA) is 53.7 Å². The van der Waals surface area contributed by atoms with Crippen molar-refractivity contribution in [2.75, 3.05) is 18.0 Å². The Kier molecular flexibility index (Phi) is 2.70. The van der Waals surface area contributed by atoms with Crippen molar-refractivity contribution in [1.82, 2.24) is 0 Å². The Labute approximate surface area is 104 Å². The van der Waals surface area contributed by atoms with Gasteiger partial charge in [-0.25, -0.2) is 0 Å². The minimum Gasteiger partial charge on any atom is -0.500 e. The molecule has 1 aromatic carbocycles. The van der Waals surface area contributed by atoms with Gasteiger partial charge in [-0.3, -0.25) is 4.79 Å². The van der Waals surface area contributed by atoms with Crippen LogP contribution >= 0.6 is 0 Å². The second-order valence-corrected chi connectivity index (χ2v) is 4.63. The molecule has 4 nitrogen and oxygen atoms in total. The molecule has 0 bridgehead atoms. The van der Waals surface area contributed by atoms with Crippen molar-refractivity contribution < 1.29 is 9.52 Å². The number of hydrogen-bond donors (Lipinski definition) is 1. The van der Waals surface area contributed by atoms with Gasteiger partial charge in [0, 0.05) is 13.1 Å². The Morgan fingerprint density at radius 3 is 2.61 bits per heavy atom. The highest BCUT2D eigenvalue weighted by molar-refractivity contribution is 5.80. The predicted octanol–water partition coefficient (Wildman–Crippen LogP) is 2.49. The van der Waals surface area contributed by atoms with Gasteiger partial charge >= 0.3 is 0 Å². The first kappa shape index (κ1) is 11.1. The normalized spacial score (nSPS) is 16.1. The maximum absolute atomic E-state index is 12.1. The average Bonchev–Trinajstić information content (AvgIpc) is 2.44. The molecule has 2 heterocycles. The standard InChI is InChI=1S/C14H15NO3/c16-12-10-6-2-3-7-11(10)18-14(13(12)17)15-8-4-1-5-9-15/h2-3,6-7,17H,1,4-5,8-9H2. The van der Waals surface area contributed by atoms with E-state index >= 15 is 0 Å². The first-order chi connectivity index (χ1) is 8.77. The molecule has 94 valence electrons. The van der Waals surface area contributed by atoms with E-state index in [4.69, 9.17) is 4.42 Å². The van der Waals surface area contributed by atoms with Gasteiger partial charge in [0.15, 0.2) is 0 Å². The summed E-state index contributed by atoms with van der Waals surface area (Å²) < 4.78 is 5.69. The molecule has 18 heavy (non-hydrogen) atoms. The number of aromatic hydroxyl groups is 1. The second-order valence-electron chi connectivity index (χ2n) is 4.63. The van der Waals surface area contributed by atoms with Crippen LogP contribution in [0.5, 0.6) is 5.75 Å². The molecule has 0 amide bonds. The third kappa shape index (κ3) is 1.74. The Morgan fingerprint density at radius 2 is 1.83 bits per heavy atom. The lowest BCUT2D eigenvalue weighted by Gasteiger charge is -2.27. The molecule has 1 fully saturated rings. The Balaban J connectivity index is 2.17. The van der Waals surface area contributed by atoms with Crippen LogP contribution in [0.1, 0.15) is 19.3 Å². The zero-order valence-corrected chi connectivity index (χ0v) is 10.1.